The van der Waals surface area contributed by atoms with E-state index in [-0.39, 0.29) is 42.8 Å². The first-order valence-electron chi connectivity index (χ1n) is 6.39. The van der Waals surface area contributed by atoms with E-state index in [1.165, 1.54) is 6.07 Å². The number of Topliss-reactive ketones (excluding diaryl/α,β-unsaturated/α-hetero) is 1. The minimum Gasteiger partial charge on any atom is -0.294 e. The van der Waals surface area contributed by atoms with Crippen LogP contribution in [0.3, 0.4) is 0 Å². The Hall–Kier alpha value is 0.0500. The molecule has 0 aliphatic heterocycles. The molecule has 0 saturated heterocycles. The minimum atomic E-state index is -0.102. The van der Waals surface area contributed by atoms with E-state index in [9.17, 15) is 4.79 Å². The van der Waals surface area contributed by atoms with Gasteiger partial charge in [0.05, 0.1) is 25.7 Å². The Balaban J connectivity index is 2.97. The standard InChI is InChI=1S/C15H18Cl4O/c1-8(7-15(2,3)4)5-11(20)12-9(16)6-10(17)13(18)14(12)19/h6,8H,5,7H2,1-4H3. The molecule has 1 unspecified atom stereocenters. The molecule has 0 heterocycles. The van der Waals surface area contributed by atoms with Crippen LogP contribution in [0.1, 0.15) is 50.9 Å². The molecule has 0 fully saturated rings. The fraction of sp³-hybridized carbons (Fsp3) is 0.533. The molecule has 1 aromatic rings. The fourth-order valence-corrected chi connectivity index (χ4v) is 3.48. The predicted molar refractivity (Wildman–Crippen MR) is 88.7 cm³/mol. The normalized spacial score (nSPS) is 13.4. The molecule has 0 aliphatic carbocycles. The van der Waals surface area contributed by atoms with Crippen molar-refractivity contribution >= 4 is 52.2 Å². The van der Waals surface area contributed by atoms with Gasteiger partial charge in [-0.15, -0.1) is 0 Å². The van der Waals surface area contributed by atoms with Gasteiger partial charge in [-0.2, -0.15) is 0 Å². The van der Waals surface area contributed by atoms with Gasteiger partial charge in [-0.3, -0.25) is 4.79 Å². The number of hydrogen-bond donors (Lipinski definition) is 0. The number of benzene rings is 1. The van der Waals surface area contributed by atoms with Gasteiger partial charge in [0.15, 0.2) is 5.78 Å². The van der Waals surface area contributed by atoms with Crippen LogP contribution in [0.25, 0.3) is 0 Å². The number of hydrogen-bond acceptors (Lipinski definition) is 1. The maximum atomic E-state index is 12.4. The monoisotopic (exact) mass is 354 g/mol. The zero-order chi connectivity index (χ0) is 15.7. The van der Waals surface area contributed by atoms with Crippen LogP contribution < -0.4 is 0 Å². The molecule has 1 atom stereocenters. The molecule has 0 amide bonds. The van der Waals surface area contributed by atoms with Crippen molar-refractivity contribution in [1.29, 1.82) is 0 Å². The summed E-state index contributed by atoms with van der Waals surface area (Å²) in [6.45, 7) is 8.48. The second kappa shape index (κ2) is 6.87. The van der Waals surface area contributed by atoms with Crippen LogP contribution in [0, 0.1) is 11.3 Å². The van der Waals surface area contributed by atoms with Gasteiger partial charge in [0.1, 0.15) is 0 Å². The molecule has 1 nitrogen and oxygen atoms in total. The molecule has 20 heavy (non-hydrogen) atoms. The molecule has 1 rings (SSSR count). The first-order chi connectivity index (χ1) is 9.03. The Morgan fingerprint density at radius 3 is 2.15 bits per heavy atom. The van der Waals surface area contributed by atoms with E-state index in [1.54, 1.807) is 0 Å². The van der Waals surface area contributed by atoms with Crippen LogP contribution >= 0.6 is 46.4 Å². The molecule has 5 heteroatoms. The van der Waals surface area contributed by atoms with E-state index in [2.05, 4.69) is 20.8 Å². The highest BCUT2D eigenvalue weighted by atomic mass is 35.5. The van der Waals surface area contributed by atoms with Crippen molar-refractivity contribution in [2.75, 3.05) is 0 Å². The second-order valence-electron chi connectivity index (χ2n) is 6.34. The van der Waals surface area contributed by atoms with Crippen molar-refractivity contribution in [3.8, 4) is 0 Å². The lowest BCUT2D eigenvalue weighted by molar-refractivity contribution is 0.0954. The Morgan fingerprint density at radius 1 is 1.10 bits per heavy atom. The highest BCUT2D eigenvalue weighted by Gasteiger charge is 2.23. The number of carbonyl (C=O) groups is 1. The van der Waals surface area contributed by atoms with Crippen molar-refractivity contribution in [3.63, 3.8) is 0 Å². The molecule has 0 saturated carbocycles. The molecule has 0 bridgehead atoms. The SMILES string of the molecule is CC(CC(=O)c1c(Cl)cc(Cl)c(Cl)c1Cl)CC(C)(C)C. The third-order valence-corrected chi connectivity index (χ3v) is 4.45. The lowest BCUT2D eigenvalue weighted by Gasteiger charge is -2.23. The average molecular weight is 356 g/mol. The zero-order valence-electron chi connectivity index (χ0n) is 12.0. The smallest absolute Gasteiger partial charge is 0.166 e. The van der Waals surface area contributed by atoms with Gasteiger partial charge in [0.2, 0.25) is 0 Å². The minimum absolute atomic E-state index is 0.102. The lowest BCUT2D eigenvalue weighted by atomic mass is 9.83. The summed E-state index contributed by atoms with van der Waals surface area (Å²) in [5.74, 6) is 0.138. The molecular formula is C15H18Cl4O. The van der Waals surface area contributed by atoms with Gasteiger partial charge in [0, 0.05) is 6.42 Å². The van der Waals surface area contributed by atoms with Gasteiger partial charge < -0.3 is 0 Å². The number of rotatable bonds is 4. The molecule has 0 aliphatic rings. The largest absolute Gasteiger partial charge is 0.294 e. The highest BCUT2D eigenvalue weighted by Crippen LogP contribution is 2.38. The van der Waals surface area contributed by atoms with E-state index >= 15 is 0 Å². The average Bonchev–Trinajstić information content (AvgIpc) is 2.22. The van der Waals surface area contributed by atoms with Crippen LogP contribution in [0.15, 0.2) is 6.07 Å². The van der Waals surface area contributed by atoms with Crippen molar-refractivity contribution in [1.82, 2.24) is 0 Å². The summed E-state index contributed by atoms with van der Waals surface area (Å²) in [6, 6.07) is 1.46. The van der Waals surface area contributed by atoms with Crippen molar-refractivity contribution in [3.05, 3.63) is 31.7 Å². The Kier molecular flexibility index (Phi) is 6.22. The van der Waals surface area contributed by atoms with E-state index in [1.807, 2.05) is 6.92 Å². The third-order valence-electron chi connectivity index (χ3n) is 2.89. The van der Waals surface area contributed by atoms with E-state index in [4.69, 9.17) is 46.4 Å². The third kappa shape index (κ3) is 4.80. The van der Waals surface area contributed by atoms with Crippen LogP contribution in [0.5, 0.6) is 0 Å². The van der Waals surface area contributed by atoms with Gasteiger partial charge in [-0.05, 0) is 23.8 Å². The van der Waals surface area contributed by atoms with E-state index in [0.29, 0.717) is 6.42 Å². The van der Waals surface area contributed by atoms with Crippen LogP contribution in [0.2, 0.25) is 20.1 Å². The van der Waals surface area contributed by atoms with Crippen LogP contribution in [-0.4, -0.2) is 5.78 Å². The van der Waals surface area contributed by atoms with E-state index < -0.39 is 0 Å². The Morgan fingerprint density at radius 2 is 1.65 bits per heavy atom. The first kappa shape index (κ1) is 18.1. The predicted octanol–water partition coefficient (Wildman–Crippen LogP) is 6.95. The zero-order valence-corrected chi connectivity index (χ0v) is 15.0. The summed E-state index contributed by atoms with van der Waals surface area (Å²) in [7, 11) is 0. The molecular weight excluding hydrogens is 338 g/mol. The summed E-state index contributed by atoms with van der Waals surface area (Å²) in [5, 5.41) is 0.806. The van der Waals surface area contributed by atoms with Crippen molar-refractivity contribution in [2.45, 2.75) is 40.5 Å². The van der Waals surface area contributed by atoms with Crippen LogP contribution in [-0.2, 0) is 0 Å². The molecule has 0 spiro atoms. The summed E-state index contributed by atoms with van der Waals surface area (Å²) < 4.78 is 0. The van der Waals surface area contributed by atoms with Gasteiger partial charge in [-0.1, -0.05) is 74.1 Å². The summed E-state index contributed by atoms with van der Waals surface area (Å²) >= 11 is 24.0. The van der Waals surface area contributed by atoms with Gasteiger partial charge in [-0.25, -0.2) is 0 Å². The molecule has 0 radical (unpaired) electrons. The second-order valence-corrected chi connectivity index (χ2v) is 7.91. The van der Waals surface area contributed by atoms with Crippen molar-refractivity contribution in [2.24, 2.45) is 11.3 Å². The van der Waals surface area contributed by atoms with Gasteiger partial charge >= 0.3 is 0 Å². The first-order valence-corrected chi connectivity index (χ1v) is 7.90. The number of carbonyl (C=O) groups excluding carboxylic acids is 1. The Labute approximate surface area is 140 Å². The quantitative estimate of drug-likeness (QED) is 0.324. The molecule has 1 aromatic carbocycles. The highest BCUT2D eigenvalue weighted by molar-refractivity contribution is 6.51. The summed E-state index contributed by atoms with van der Waals surface area (Å²) in [5.41, 5.74) is 0.439. The molecule has 0 aromatic heterocycles. The summed E-state index contributed by atoms with van der Waals surface area (Å²) in [6.07, 6.45) is 1.32. The Bertz CT molecular complexity index is 518. The topological polar surface area (TPSA) is 17.1 Å². The van der Waals surface area contributed by atoms with E-state index in [0.717, 1.165) is 6.42 Å². The number of ketones is 1. The molecule has 0 N–H and O–H groups in total. The maximum absolute atomic E-state index is 12.4. The fourth-order valence-electron chi connectivity index (χ4n) is 2.36. The maximum Gasteiger partial charge on any atom is 0.166 e. The number of halogens is 4. The van der Waals surface area contributed by atoms with Crippen LogP contribution in [0.4, 0.5) is 0 Å². The summed E-state index contributed by atoms with van der Waals surface area (Å²) in [4.78, 5) is 12.4. The van der Waals surface area contributed by atoms with Gasteiger partial charge in [0.25, 0.3) is 0 Å². The van der Waals surface area contributed by atoms with Crippen molar-refractivity contribution < 1.29 is 4.79 Å². The lowest BCUT2D eigenvalue weighted by Crippen LogP contribution is -2.15. The molecule has 112 valence electrons.